The van der Waals surface area contributed by atoms with Crippen LogP contribution in [0.4, 0.5) is 4.79 Å². The highest BCUT2D eigenvalue weighted by molar-refractivity contribution is 8.18. The predicted octanol–water partition coefficient (Wildman–Crippen LogP) is 4.29. The summed E-state index contributed by atoms with van der Waals surface area (Å²) in [6, 6.07) is 14.8. The van der Waals surface area contributed by atoms with Crippen molar-refractivity contribution in [2.24, 2.45) is 0 Å². The predicted molar refractivity (Wildman–Crippen MR) is 132 cm³/mol. The highest BCUT2D eigenvalue weighted by Gasteiger charge is 2.34. The highest BCUT2D eigenvalue weighted by Crippen LogP contribution is 2.39. The van der Waals surface area contributed by atoms with Crippen LogP contribution in [0.1, 0.15) is 16.1 Å². The number of rotatable bonds is 8. The Morgan fingerprint density at radius 1 is 1.09 bits per heavy atom. The smallest absolute Gasteiger partial charge is 0.293 e. The van der Waals surface area contributed by atoms with Gasteiger partial charge >= 0.3 is 0 Å². The van der Waals surface area contributed by atoms with Gasteiger partial charge in [-0.3, -0.25) is 19.3 Å². The molecule has 2 heterocycles. The number of hydrogen-bond acceptors (Lipinski definition) is 8. The first-order valence-electron chi connectivity index (χ1n) is 10.3. The van der Waals surface area contributed by atoms with E-state index in [2.05, 4.69) is 10.3 Å². The van der Waals surface area contributed by atoms with E-state index in [0.29, 0.717) is 27.0 Å². The van der Waals surface area contributed by atoms with E-state index in [1.165, 1.54) is 11.3 Å². The van der Waals surface area contributed by atoms with Crippen LogP contribution < -0.4 is 14.8 Å². The molecule has 174 valence electrons. The molecule has 34 heavy (non-hydrogen) atoms. The van der Waals surface area contributed by atoms with Crippen LogP contribution in [-0.4, -0.2) is 54.2 Å². The molecule has 1 fully saturated rings. The van der Waals surface area contributed by atoms with Crippen molar-refractivity contribution >= 4 is 46.2 Å². The summed E-state index contributed by atoms with van der Waals surface area (Å²) < 4.78 is 10.8. The number of hydrogen-bond donors (Lipinski definition) is 1. The van der Waals surface area contributed by atoms with Gasteiger partial charge < -0.3 is 14.8 Å². The molecule has 0 radical (unpaired) electrons. The van der Waals surface area contributed by atoms with Crippen LogP contribution in [0.3, 0.4) is 0 Å². The maximum Gasteiger partial charge on any atom is 0.293 e. The Morgan fingerprint density at radius 2 is 1.88 bits per heavy atom. The van der Waals surface area contributed by atoms with Crippen molar-refractivity contribution in [1.29, 1.82) is 0 Å². The van der Waals surface area contributed by atoms with Crippen molar-refractivity contribution < 1.29 is 23.9 Å². The van der Waals surface area contributed by atoms with Gasteiger partial charge in [0.15, 0.2) is 11.5 Å². The first-order chi connectivity index (χ1) is 16.5. The number of imide groups is 1. The number of para-hydroxylation sites is 1. The second-order valence-corrected chi connectivity index (χ2v) is 8.93. The van der Waals surface area contributed by atoms with Crippen LogP contribution in [0.15, 0.2) is 58.8 Å². The van der Waals surface area contributed by atoms with E-state index in [1.54, 1.807) is 31.7 Å². The zero-order valence-corrected chi connectivity index (χ0v) is 20.1. The molecular formula is C24H21N3O5S2. The summed E-state index contributed by atoms with van der Waals surface area (Å²) in [5.74, 6) is 0.347. The van der Waals surface area contributed by atoms with Gasteiger partial charge in [0, 0.05) is 18.5 Å². The molecule has 0 saturated carbocycles. The molecule has 0 unspecified atom stereocenters. The third-order valence-corrected chi connectivity index (χ3v) is 6.75. The number of thiazole rings is 1. The number of aromatic nitrogens is 1. The van der Waals surface area contributed by atoms with Gasteiger partial charge in [0.2, 0.25) is 0 Å². The average Bonchev–Trinajstić information content (AvgIpc) is 3.45. The molecule has 3 amide bonds. The van der Waals surface area contributed by atoms with Crippen molar-refractivity contribution in [1.82, 2.24) is 15.2 Å². The van der Waals surface area contributed by atoms with E-state index >= 15 is 0 Å². The van der Waals surface area contributed by atoms with Crippen molar-refractivity contribution in [2.45, 2.75) is 0 Å². The average molecular weight is 496 g/mol. The van der Waals surface area contributed by atoms with E-state index in [1.807, 2.05) is 42.5 Å². The van der Waals surface area contributed by atoms with Gasteiger partial charge in [-0.25, -0.2) is 4.98 Å². The molecule has 3 aromatic rings. The first-order valence-corrected chi connectivity index (χ1v) is 12.0. The molecule has 1 saturated heterocycles. The Bertz CT molecular complexity index is 1260. The second kappa shape index (κ2) is 10.5. The standard InChI is InChI=1S/C24H21N3O5S2/c1-31-18-10-6-9-16(20(18)32-2)22-26-17(14-33-22)21(28)25-11-12-27-23(29)19(34-24(27)30)13-15-7-4-3-5-8-15/h3-10,13-14H,11-12H2,1-2H3,(H,25,28)/b19-13-. The molecule has 0 bridgehead atoms. The first kappa shape index (κ1) is 23.5. The maximum atomic E-state index is 12.6. The Labute approximate surface area is 204 Å². The van der Waals surface area contributed by atoms with Gasteiger partial charge in [-0.05, 0) is 35.5 Å². The molecule has 8 nitrogen and oxygen atoms in total. The molecule has 0 atom stereocenters. The largest absolute Gasteiger partial charge is 0.493 e. The summed E-state index contributed by atoms with van der Waals surface area (Å²) in [6.45, 7) is 0.189. The minimum Gasteiger partial charge on any atom is -0.493 e. The number of benzene rings is 2. The topological polar surface area (TPSA) is 97.8 Å². The van der Waals surface area contributed by atoms with Gasteiger partial charge in [-0.2, -0.15) is 0 Å². The molecule has 1 aliphatic heterocycles. The van der Waals surface area contributed by atoms with Crippen LogP contribution in [0, 0.1) is 0 Å². The van der Waals surface area contributed by atoms with Crippen molar-refractivity contribution in [3.05, 3.63) is 70.1 Å². The molecule has 0 spiro atoms. The number of nitrogens with zero attached hydrogens (tertiary/aromatic N) is 2. The molecule has 1 aliphatic rings. The zero-order chi connectivity index (χ0) is 24.1. The van der Waals surface area contributed by atoms with E-state index in [9.17, 15) is 14.4 Å². The Hall–Kier alpha value is -3.63. The SMILES string of the molecule is COc1cccc(-c2nc(C(=O)NCCN3C(=O)S/C(=C\c4ccccc4)C3=O)cs2)c1OC. The minimum absolute atomic E-state index is 0.0727. The van der Waals surface area contributed by atoms with Crippen LogP contribution in [0.5, 0.6) is 11.5 Å². The molecule has 2 aromatic carbocycles. The lowest BCUT2D eigenvalue weighted by atomic mass is 10.2. The zero-order valence-electron chi connectivity index (χ0n) is 18.4. The number of thioether (sulfide) groups is 1. The lowest BCUT2D eigenvalue weighted by Crippen LogP contribution is -2.37. The van der Waals surface area contributed by atoms with E-state index < -0.39 is 5.91 Å². The summed E-state index contributed by atoms with van der Waals surface area (Å²) in [4.78, 5) is 43.4. The van der Waals surface area contributed by atoms with E-state index in [0.717, 1.165) is 22.2 Å². The van der Waals surface area contributed by atoms with Crippen molar-refractivity contribution in [3.8, 4) is 22.1 Å². The lowest BCUT2D eigenvalue weighted by molar-refractivity contribution is -0.122. The summed E-state index contributed by atoms with van der Waals surface area (Å²) in [6.07, 6.45) is 1.69. The summed E-state index contributed by atoms with van der Waals surface area (Å²) >= 11 is 2.20. The molecule has 1 N–H and O–H groups in total. The number of carbonyl (C=O) groups is 3. The fourth-order valence-electron chi connectivity index (χ4n) is 3.32. The maximum absolute atomic E-state index is 12.6. The molecule has 10 heteroatoms. The number of nitrogens with one attached hydrogen (secondary N) is 1. The Balaban J connectivity index is 1.37. The number of ether oxygens (including phenoxy) is 2. The van der Waals surface area contributed by atoms with Crippen molar-refractivity contribution in [3.63, 3.8) is 0 Å². The number of carbonyl (C=O) groups excluding carboxylic acids is 3. The summed E-state index contributed by atoms with van der Waals surface area (Å²) in [5.41, 5.74) is 1.80. The Morgan fingerprint density at radius 3 is 2.62 bits per heavy atom. The second-order valence-electron chi connectivity index (χ2n) is 7.08. The fraction of sp³-hybridized carbons (Fsp3) is 0.167. The van der Waals surface area contributed by atoms with Gasteiger partial charge in [0.1, 0.15) is 10.7 Å². The van der Waals surface area contributed by atoms with Gasteiger partial charge in [0.05, 0.1) is 24.7 Å². The normalized spacial score (nSPS) is 14.5. The van der Waals surface area contributed by atoms with Crippen LogP contribution in [0.25, 0.3) is 16.6 Å². The third-order valence-electron chi connectivity index (χ3n) is 4.96. The monoisotopic (exact) mass is 495 g/mol. The van der Waals surface area contributed by atoms with Gasteiger partial charge in [-0.15, -0.1) is 11.3 Å². The lowest BCUT2D eigenvalue weighted by Gasteiger charge is -2.12. The van der Waals surface area contributed by atoms with Gasteiger partial charge in [0.25, 0.3) is 17.1 Å². The summed E-state index contributed by atoms with van der Waals surface area (Å²) in [5, 5.41) is 4.62. The molecular weight excluding hydrogens is 474 g/mol. The minimum atomic E-state index is -0.392. The third kappa shape index (κ3) is 4.97. The van der Waals surface area contributed by atoms with Crippen molar-refractivity contribution in [2.75, 3.05) is 27.3 Å². The van der Waals surface area contributed by atoms with Crippen LogP contribution in [-0.2, 0) is 4.79 Å². The number of methoxy groups -OCH3 is 2. The van der Waals surface area contributed by atoms with E-state index in [-0.39, 0.29) is 29.9 Å². The summed E-state index contributed by atoms with van der Waals surface area (Å²) in [7, 11) is 3.10. The van der Waals surface area contributed by atoms with Crippen LogP contribution >= 0.6 is 23.1 Å². The molecule has 0 aliphatic carbocycles. The van der Waals surface area contributed by atoms with E-state index in [4.69, 9.17) is 9.47 Å². The fourth-order valence-corrected chi connectivity index (χ4v) is 5.01. The molecule has 4 rings (SSSR count). The quantitative estimate of drug-likeness (QED) is 0.466. The number of amides is 3. The highest BCUT2D eigenvalue weighted by atomic mass is 32.2. The molecule has 1 aromatic heterocycles. The van der Waals surface area contributed by atoms with Crippen LogP contribution in [0.2, 0.25) is 0 Å². The Kier molecular flexibility index (Phi) is 7.29. The van der Waals surface area contributed by atoms with Gasteiger partial charge in [-0.1, -0.05) is 36.4 Å².